The van der Waals surface area contributed by atoms with Gasteiger partial charge in [0.15, 0.2) is 11.0 Å². The van der Waals surface area contributed by atoms with Crippen LogP contribution in [0.1, 0.15) is 31.9 Å². The van der Waals surface area contributed by atoms with Crippen LogP contribution in [0.2, 0.25) is 0 Å². The summed E-state index contributed by atoms with van der Waals surface area (Å²) in [6, 6.07) is 21.6. The van der Waals surface area contributed by atoms with E-state index in [2.05, 4.69) is 53.6 Å². The number of rotatable bonds is 9. The van der Waals surface area contributed by atoms with Gasteiger partial charge >= 0.3 is 0 Å². The lowest BCUT2D eigenvalue weighted by Gasteiger charge is -2.19. The minimum Gasteiger partial charge on any atom is -0.497 e. The fourth-order valence-electron chi connectivity index (χ4n) is 3.66. The van der Waals surface area contributed by atoms with E-state index in [9.17, 15) is 14.9 Å². The van der Waals surface area contributed by atoms with Gasteiger partial charge in [0, 0.05) is 23.4 Å². The number of nitro benzene ring substituents is 1. The van der Waals surface area contributed by atoms with E-state index in [-0.39, 0.29) is 22.8 Å². The largest absolute Gasteiger partial charge is 0.497 e. The molecular formula is C28H28N6O4S. The van der Waals surface area contributed by atoms with Crippen LogP contribution in [-0.4, -0.2) is 44.7 Å². The van der Waals surface area contributed by atoms with Crippen molar-refractivity contribution in [1.82, 2.24) is 20.2 Å². The number of carbonyl (C=O) groups is 1. The van der Waals surface area contributed by atoms with Crippen molar-refractivity contribution in [1.29, 1.82) is 0 Å². The highest BCUT2D eigenvalue weighted by atomic mass is 32.2. The van der Waals surface area contributed by atoms with Crippen molar-refractivity contribution in [2.75, 3.05) is 12.9 Å². The number of nitrogens with one attached hydrogen (secondary N) is 1. The SMILES string of the molecule is COc1ccc(-n2c(SCC(=O)NN=Cc3ccc([N+](=O)[O-])cc3)nnc2-c2ccc(C(C)(C)C)cc2)cc1. The Labute approximate surface area is 230 Å². The topological polar surface area (TPSA) is 125 Å². The van der Waals surface area contributed by atoms with Gasteiger partial charge in [-0.25, -0.2) is 5.43 Å². The molecule has 0 aliphatic heterocycles. The van der Waals surface area contributed by atoms with Crippen LogP contribution in [-0.2, 0) is 10.2 Å². The van der Waals surface area contributed by atoms with Crippen molar-refractivity contribution in [2.24, 2.45) is 5.10 Å². The minimum atomic E-state index is -0.475. The third kappa shape index (κ3) is 6.88. The first kappa shape index (κ1) is 27.5. The molecule has 0 radical (unpaired) electrons. The Kier molecular flexibility index (Phi) is 8.40. The molecule has 4 aromatic rings. The van der Waals surface area contributed by atoms with E-state index in [0.717, 1.165) is 17.0 Å². The molecule has 0 saturated carbocycles. The number of aromatic nitrogens is 3. The van der Waals surface area contributed by atoms with Crippen molar-refractivity contribution < 1.29 is 14.5 Å². The molecule has 1 amide bonds. The zero-order valence-corrected chi connectivity index (χ0v) is 22.8. The van der Waals surface area contributed by atoms with Gasteiger partial charge in [-0.15, -0.1) is 10.2 Å². The Bertz CT molecular complexity index is 1470. The van der Waals surface area contributed by atoms with Gasteiger partial charge < -0.3 is 4.74 Å². The summed E-state index contributed by atoms with van der Waals surface area (Å²) in [6.07, 6.45) is 1.42. The second-order valence-electron chi connectivity index (χ2n) is 9.60. The van der Waals surface area contributed by atoms with Gasteiger partial charge in [0.1, 0.15) is 5.75 Å². The number of non-ortho nitro benzene ring substituents is 1. The molecule has 0 atom stereocenters. The van der Waals surface area contributed by atoms with E-state index in [4.69, 9.17) is 4.74 Å². The molecule has 10 nitrogen and oxygen atoms in total. The summed E-state index contributed by atoms with van der Waals surface area (Å²) in [7, 11) is 1.61. The number of ether oxygens (including phenoxy) is 1. The number of methoxy groups -OCH3 is 1. The van der Waals surface area contributed by atoms with Crippen LogP contribution in [0.15, 0.2) is 83.1 Å². The standard InChI is InChI=1S/C28H28N6O4S/c1-28(2,3)21-9-7-20(8-10-21)26-31-32-27(33(26)22-13-15-24(38-4)16-14-22)39-18-25(35)30-29-17-19-5-11-23(12-6-19)34(36)37/h5-17H,18H2,1-4H3,(H,30,35). The molecule has 39 heavy (non-hydrogen) atoms. The number of thioether (sulfide) groups is 1. The lowest BCUT2D eigenvalue weighted by Crippen LogP contribution is -2.20. The van der Waals surface area contributed by atoms with E-state index in [1.54, 1.807) is 19.2 Å². The predicted octanol–water partition coefficient (Wildman–Crippen LogP) is 5.39. The van der Waals surface area contributed by atoms with Crippen LogP contribution < -0.4 is 10.2 Å². The number of carbonyl (C=O) groups excluding carboxylic acids is 1. The molecule has 0 aliphatic rings. The van der Waals surface area contributed by atoms with E-state index in [0.29, 0.717) is 16.5 Å². The number of hydrazone groups is 1. The third-order valence-electron chi connectivity index (χ3n) is 5.81. The van der Waals surface area contributed by atoms with Gasteiger partial charge in [-0.05, 0) is 52.9 Å². The Balaban J connectivity index is 1.51. The van der Waals surface area contributed by atoms with Gasteiger partial charge in [0.05, 0.1) is 24.0 Å². The highest BCUT2D eigenvalue weighted by molar-refractivity contribution is 7.99. The first-order chi connectivity index (χ1) is 18.7. The highest BCUT2D eigenvalue weighted by Crippen LogP contribution is 2.30. The van der Waals surface area contributed by atoms with Crippen LogP contribution in [0.25, 0.3) is 17.1 Å². The Morgan fingerprint density at radius 1 is 1.05 bits per heavy atom. The fourth-order valence-corrected chi connectivity index (χ4v) is 4.40. The molecule has 0 spiro atoms. The second kappa shape index (κ2) is 11.9. The number of hydrogen-bond donors (Lipinski definition) is 1. The molecule has 0 fully saturated rings. The normalized spacial score (nSPS) is 11.5. The first-order valence-electron chi connectivity index (χ1n) is 12.1. The first-order valence-corrected chi connectivity index (χ1v) is 13.0. The zero-order chi connectivity index (χ0) is 28.0. The maximum atomic E-state index is 12.5. The molecule has 0 saturated heterocycles. The van der Waals surface area contributed by atoms with E-state index in [1.807, 2.05) is 41.0 Å². The quantitative estimate of drug-likeness (QED) is 0.130. The smallest absolute Gasteiger partial charge is 0.269 e. The Hall–Kier alpha value is -4.51. The number of amides is 1. The van der Waals surface area contributed by atoms with Crippen LogP contribution in [0.4, 0.5) is 5.69 Å². The minimum absolute atomic E-state index is 0.0157. The molecule has 0 unspecified atom stereocenters. The molecule has 200 valence electrons. The Morgan fingerprint density at radius 3 is 2.31 bits per heavy atom. The molecule has 0 bridgehead atoms. The molecule has 1 N–H and O–H groups in total. The summed E-state index contributed by atoms with van der Waals surface area (Å²) in [6.45, 7) is 6.49. The van der Waals surface area contributed by atoms with Crippen molar-refractivity contribution in [3.63, 3.8) is 0 Å². The summed E-state index contributed by atoms with van der Waals surface area (Å²) in [5.41, 5.74) is 6.04. The lowest BCUT2D eigenvalue weighted by molar-refractivity contribution is -0.384. The number of nitro groups is 1. The van der Waals surface area contributed by atoms with Crippen LogP contribution in [0.5, 0.6) is 5.75 Å². The van der Waals surface area contributed by atoms with Gasteiger partial charge in [0.25, 0.3) is 11.6 Å². The predicted molar refractivity (Wildman–Crippen MR) is 152 cm³/mol. The lowest BCUT2D eigenvalue weighted by atomic mass is 9.87. The van der Waals surface area contributed by atoms with Gasteiger partial charge in [0.2, 0.25) is 0 Å². The maximum Gasteiger partial charge on any atom is 0.269 e. The zero-order valence-electron chi connectivity index (χ0n) is 22.0. The summed E-state index contributed by atoms with van der Waals surface area (Å²) in [5.74, 6) is 1.09. The molecule has 1 heterocycles. The van der Waals surface area contributed by atoms with Crippen LogP contribution in [0, 0.1) is 10.1 Å². The molecule has 0 aliphatic carbocycles. The van der Waals surface area contributed by atoms with Gasteiger partial charge in [-0.2, -0.15) is 5.10 Å². The summed E-state index contributed by atoms with van der Waals surface area (Å²) >= 11 is 1.23. The third-order valence-corrected chi connectivity index (χ3v) is 6.74. The van der Waals surface area contributed by atoms with Crippen molar-refractivity contribution in [3.8, 4) is 22.8 Å². The van der Waals surface area contributed by atoms with Crippen molar-refractivity contribution in [3.05, 3.63) is 94.0 Å². The van der Waals surface area contributed by atoms with E-state index < -0.39 is 4.92 Å². The number of benzene rings is 3. The molecule has 4 rings (SSSR count). The summed E-state index contributed by atoms with van der Waals surface area (Å²) < 4.78 is 7.21. The summed E-state index contributed by atoms with van der Waals surface area (Å²) in [4.78, 5) is 22.8. The average Bonchev–Trinajstić information content (AvgIpc) is 3.36. The molecule has 3 aromatic carbocycles. The van der Waals surface area contributed by atoms with Gasteiger partial charge in [-0.3, -0.25) is 19.5 Å². The van der Waals surface area contributed by atoms with E-state index >= 15 is 0 Å². The van der Waals surface area contributed by atoms with Crippen molar-refractivity contribution in [2.45, 2.75) is 31.3 Å². The second-order valence-corrected chi connectivity index (χ2v) is 10.5. The molecule has 11 heteroatoms. The van der Waals surface area contributed by atoms with E-state index in [1.165, 1.54) is 35.7 Å². The van der Waals surface area contributed by atoms with Crippen LogP contribution >= 0.6 is 11.8 Å². The highest BCUT2D eigenvalue weighted by Gasteiger charge is 2.19. The molecular weight excluding hydrogens is 516 g/mol. The Morgan fingerprint density at radius 2 is 1.72 bits per heavy atom. The number of hydrogen-bond acceptors (Lipinski definition) is 8. The summed E-state index contributed by atoms with van der Waals surface area (Å²) in [5, 5.41) is 24.1. The van der Waals surface area contributed by atoms with Gasteiger partial charge in [-0.1, -0.05) is 56.8 Å². The van der Waals surface area contributed by atoms with Crippen LogP contribution in [0.3, 0.4) is 0 Å². The maximum absolute atomic E-state index is 12.5. The fraction of sp³-hybridized carbons (Fsp3) is 0.214. The number of nitrogens with zero attached hydrogens (tertiary/aromatic N) is 5. The average molecular weight is 545 g/mol. The van der Waals surface area contributed by atoms with Crippen molar-refractivity contribution >= 4 is 29.6 Å². The molecule has 1 aromatic heterocycles. The monoisotopic (exact) mass is 544 g/mol.